The van der Waals surface area contributed by atoms with Gasteiger partial charge in [0.1, 0.15) is 10.4 Å². The van der Waals surface area contributed by atoms with Gasteiger partial charge in [-0.2, -0.15) is 0 Å². The molecule has 0 saturated carbocycles. The first-order chi connectivity index (χ1) is 15.5. The molecule has 0 fully saturated rings. The number of amides is 1. The van der Waals surface area contributed by atoms with E-state index in [0.717, 1.165) is 16.6 Å². The molecule has 0 aliphatic carbocycles. The van der Waals surface area contributed by atoms with Crippen LogP contribution in [0.2, 0.25) is 0 Å². The zero-order chi connectivity index (χ0) is 22.7. The molecule has 0 spiro atoms. The Hall–Kier alpha value is -2.88. The maximum atomic E-state index is 13.3. The van der Waals surface area contributed by atoms with E-state index in [1.54, 1.807) is 23.8 Å². The predicted molar refractivity (Wildman–Crippen MR) is 131 cm³/mol. The van der Waals surface area contributed by atoms with E-state index in [2.05, 4.69) is 5.32 Å². The molecule has 4 aromatic rings. The van der Waals surface area contributed by atoms with Crippen LogP contribution in [0.5, 0.6) is 5.75 Å². The Bertz CT molecular complexity index is 1330. The summed E-state index contributed by atoms with van der Waals surface area (Å²) in [6, 6.07) is 15.2. The summed E-state index contributed by atoms with van der Waals surface area (Å²) in [5.74, 6) is 0.544. The number of hydrogen-bond acceptors (Lipinski definition) is 6. The Morgan fingerprint density at radius 3 is 2.72 bits per heavy atom. The molecule has 4 rings (SSSR count). The van der Waals surface area contributed by atoms with Crippen molar-refractivity contribution in [2.75, 3.05) is 38.8 Å². The normalized spacial score (nSPS) is 11.4. The first kappa shape index (κ1) is 22.3. The number of nitrogens with one attached hydrogen (secondary N) is 2. The lowest BCUT2D eigenvalue weighted by Gasteiger charge is -2.14. The predicted octanol–water partition coefficient (Wildman–Crippen LogP) is 2.50. The van der Waals surface area contributed by atoms with Crippen molar-refractivity contribution in [1.29, 1.82) is 0 Å². The molecule has 2 aromatic carbocycles. The smallest absolute Gasteiger partial charge is 0.272 e. The molecule has 2 heterocycles. The van der Waals surface area contributed by atoms with E-state index in [1.807, 2.05) is 50.5 Å². The lowest BCUT2D eigenvalue weighted by Crippen LogP contribution is -3.06. The summed E-state index contributed by atoms with van der Waals surface area (Å²) >= 11 is 2.75. The van der Waals surface area contributed by atoms with Crippen molar-refractivity contribution in [3.63, 3.8) is 0 Å². The first-order valence-electron chi connectivity index (χ1n) is 10.2. The number of para-hydroxylation sites is 2. The van der Waals surface area contributed by atoms with Gasteiger partial charge in [-0.15, -0.1) is 11.3 Å². The number of quaternary nitrogens is 1. The number of hydrogen-bond donors (Lipinski definition) is 2. The molecule has 1 amide bonds. The van der Waals surface area contributed by atoms with Gasteiger partial charge in [-0.05, 0) is 18.2 Å². The fraction of sp³-hybridized carbons (Fsp3) is 0.261. The fourth-order valence-electron chi connectivity index (χ4n) is 3.36. The van der Waals surface area contributed by atoms with Crippen LogP contribution in [0.4, 0.5) is 5.69 Å². The van der Waals surface area contributed by atoms with E-state index in [0.29, 0.717) is 33.4 Å². The first-order valence-corrected chi connectivity index (χ1v) is 12.0. The van der Waals surface area contributed by atoms with Gasteiger partial charge in [-0.25, -0.2) is 4.98 Å². The molecule has 0 saturated heterocycles. The number of likely N-dealkylation sites (N-methyl/N-ethyl adjacent to an activating group) is 1. The Labute approximate surface area is 194 Å². The molecule has 0 aliphatic rings. The summed E-state index contributed by atoms with van der Waals surface area (Å²) in [7, 11) is 5.66. The summed E-state index contributed by atoms with van der Waals surface area (Å²) in [6.07, 6.45) is 0. The van der Waals surface area contributed by atoms with Crippen molar-refractivity contribution in [2.24, 2.45) is 0 Å². The average molecular weight is 470 g/mol. The van der Waals surface area contributed by atoms with Crippen molar-refractivity contribution in [1.82, 2.24) is 9.55 Å². The van der Waals surface area contributed by atoms with Crippen LogP contribution in [0, 0.1) is 0 Å². The van der Waals surface area contributed by atoms with E-state index in [1.165, 1.54) is 28.0 Å². The van der Waals surface area contributed by atoms with Gasteiger partial charge in [0, 0.05) is 10.1 Å². The third kappa shape index (κ3) is 4.64. The molecule has 0 unspecified atom stereocenters. The van der Waals surface area contributed by atoms with Gasteiger partial charge in [-0.1, -0.05) is 42.1 Å². The van der Waals surface area contributed by atoms with Gasteiger partial charge in [0.05, 0.1) is 51.3 Å². The van der Waals surface area contributed by atoms with Crippen LogP contribution in [0.25, 0.3) is 20.3 Å². The fourth-order valence-corrected chi connectivity index (χ4v) is 5.27. The molecule has 0 atom stereocenters. The van der Waals surface area contributed by atoms with E-state index in [-0.39, 0.29) is 17.2 Å². The molecule has 7 nitrogen and oxygen atoms in total. The summed E-state index contributed by atoms with van der Waals surface area (Å²) in [5, 5.41) is 4.40. The quantitative estimate of drug-likeness (QED) is 0.306. The molecule has 0 aliphatic heterocycles. The second kappa shape index (κ2) is 9.72. The number of thiophene rings is 1. The highest BCUT2D eigenvalue weighted by Gasteiger charge is 2.18. The van der Waals surface area contributed by atoms with E-state index in [9.17, 15) is 9.59 Å². The topological polar surface area (TPSA) is 77.7 Å². The van der Waals surface area contributed by atoms with E-state index >= 15 is 0 Å². The van der Waals surface area contributed by atoms with Crippen LogP contribution in [0.3, 0.4) is 0 Å². The van der Waals surface area contributed by atoms with Crippen molar-refractivity contribution in [3.05, 3.63) is 58.9 Å². The highest BCUT2D eigenvalue weighted by molar-refractivity contribution is 7.99. The zero-order valence-electron chi connectivity index (χ0n) is 18.2. The molecule has 0 radical (unpaired) electrons. The third-order valence-corrected chi connectivity index (χ3v) is 7.12. The number of aromatic nitrogens is 2. The van der Waals surface area contributed by atoms with Gasteiger partial charge in [-0.3, -0.25) is 14.2 Å². The van der Waals surface area contributed by atoms with Crippen LogP contribution < -0.4 is 20.5 Å². The SMILES string of the molecule is COc1ccccc1NC(=O)CSc1nc2c(sc3ccccc32)c(=O)n1CC[NH+](C)C. The number of carbonyl (C=O) groups excluding carboxylic acids is 1. The molecular formula is C23H25N4O3S2+. The Morgan fingerprint density at radius 2 is 1.94 bits per heavy atom. The monoisotopic (exact) mass is 469 g/mol. The van der Waals surface area contributed by atoms with Crippen LogP contribution in [0.15, 0.2) is 58.5 Å². The summed E-state index contributed by atoms with van der Waals surface area (Å²) in [4.78, 5) is 32.1. The maximum absolute atomic E-state index is 13.3. The molecular weight excluding hydrogens is 444 g/mol. The molecule has 0 bridgehead atoms. The lowest BCUT2D eigenvalue weighted by atomic mass is 10.2. The minimum absolute atomic E-state index is 0.0508. The number of anilines is 1. The Morgan fingerprint density at radius 1 is 1.19 bits per heavy atom. The second-order valence-corrected chi connectivity index (χ2v) is 9.62. The van der Waals surface area contributed by atoms with Gasteiger partial charge < -0.3 is 15.0 Å². The molecule has 2 aromatic heterocycles. The van der Waals surface area contributed by atoms with Gasteiger partial charge in [0.2, 0.25) is 5.91 Å². The number of rotatable bonds is 8. The number of ether oxygens (including phenoxy) is 1. The Balaban J connectivity index is 1.65. The number of benzene rings is 2. The highest BCUT2D eigenvalue weighted by Crippen LogP contribution is 2.32. The average Bonchev–Trinajstić information content (AvgIpc) is 3.16. The minimum Gasteiger partial charge on any atom is -0.495 e. The van der Waals surface area contributed by atoms with Crippen molar-refractivity contribution in [2.45, 2.75) is 11.7 Å². The number of carbonyl (C=O) groups is 1. The number of thioether (sulfide) groups is 1. The zero-order valence-corrected chi connectivity index (χ0v) is 19.8. The molecule has 2 N–H and O–H groups in total. The molecule has 32 heavy (non-hydrogen) atoms. The summed E-state index contributed by atoms with van der Waals surface area (Å²) < 4.78 is 8.69. The molecule has 9 heteroatoms. The number of methoxy groups -OCH3 is 1. The van der Waals surface area contributed by atoms with Crippen molar-refractivity contribution in [3.8, 4) is 5.75 Å². The second-order valence-electron chi connectivity index (χ2n) is 7.62. The third-order valence-electron chi connectivity index (χ3n) is 5.00. The minimum atomic E-state index is -0.186. The maximum Gasteiger partial charge on any atom is 0.272 e. The van der Waals surface area contributed by atoms with Crippen molar-refractivity contribution >= 4 is 55.0 Å². The van der Waals surface area contributed by atoms with E-state index < -0.39 is 0 Å². The standard InChI is InChI=1S/C23H24N4O3S2/c1-26(2)12-13-27-22(29)21-20(15-8-4-7-11-18(15)32-21)25-23(27)31-14-19(28)24-16-9-5-6-10-17(16)30-3/h4-11H,12-14H2,1-3H3,(H,24,28)/p+1. The van der Waals surface area contributed by atoms with E-state index in [4.69, 9.17) is 9.72 Å². The van der Waals surface area contributed by atoms with Gasteiger partial charge >= 0.3 is 0 Å². The molecule has 166 valence electrons. The largest absolute Gasteiger partial charge is 0.495 e. The number of nitrogens with zero attached hydrogens (tertiary/aromatic N) is 2. The van der Waals surface area contributed by atoms with Crippen LogP contribution in [-0.2, 0) is 11.3 Å². The summed E-state index contributed by atoms with van der Waals surface area (Å²) in [6.45, 7) is 1.31. The van der Waals surface area contributed by atoms with Crippen LogP contribution >= 0.6 is 23.1 Å². The summed E-state index contributed by atoms with van der Waals surface area (Å²) in [5.41, 5.74) is 1.27. The number of fused-ring (bicyclic) bond motifs is 3. The van der Waals surface area contributed by atoms with Gasteiger partial charge in [0.25, 0.3) is 5.56 Å². The lowest BCUT2D eigenvalue weighted by molar-refractivity contribution is -0.859. The van der Waals surface area contributed by atoms with Crippen molar-refractivity contribution < 1.29 is 14.4 Å². The van der Waals surface area contributed by atoms with Crippen LogP contribution in [0.1, 0.15) is 0 Å². The van der Waals surface area contributed by atoms with Gasteiger partial charge in [0.15, 0.2) is 5.16 Å². The highest BCUT2D eigenvalue weighted by atomic mass is 32.2. The van der Waals surface area contributed by atoms with Crippen LogP contribution in [-0.4, -0.2) is 49.0 Å². The Kier molecular flexibility index (Phi) is 6.78.